The van der Waals surface area contributed by atoms with E-state index in [9.17, 15) is 4.79 Å². The zero-order valence-corrected chi connectivity index (χ0v) is 8.71. The number of aryl methyl sites for hydroxylation is 1. The van der Waals surface area contributed by atoms with Crippen molar-refractivity contribution in [3.05, 3.63) is 41.7 Å². The Balaban J connectivity index is 2.94. The predicted octanol–water partition coefficient (Wildman–Crippen LogP) is 2.79. The van der Waals surface area contributed by atoms with Gasteiger partial charge in [-0.15, -0.1) is 0 Å². The Kier molecular flexibility index (Phi) is 3.57. The average molecular weight is 189 g/mol. The molecule has 0 saturated heterocycles. The molecular weight excluding hydrogens is 174 g/mol. The Labute approximate surface area is 84.7 Å². The zero-order valence-electron chi connectivity index (χ0n) is 8.71. The van der Waals surface area contributed by atoms with E-state index in [0.29, 0.717) is 12.1 Å². The molecule has 0 atom stereocenters. The molecular formula is C12H15NO. The van der Waals surface area contributed by atoms with Crippen LogP contribution < -0.4 is 0 Å². The SMILES string of the molecule is C=C(C)CC(=O)c1ncccc1CC. The minimum absolute atomic E-state index is 0.0648. The first-order valence-electron chi connectivity index (χ1n) is 4.76. The molecule has 74 valence electrons. The molecule has 0 aliphatic rings. The van der Waals surface area contributed by atoms with Crippen molar-refractivity contribution in [3.8, 4) is 0 Å². The average Bonchev–Trinajstić information content (AvgIpc) is 2.16. The number of nitrogens with zero attached hydrogens (tertiary/aromatic N) is 1. The summed E-state index contributed by atoms with van der Waals surface area (Å²) in [6.45, 7) is 7.60. The molecule has 1 aromatic heterocycles. The first-order chi connectivity index (χ1) is 6.65. The molecule has 1 rings (SSSR count). The van der Waals surface area contributed by atoms with Crippen molar-refractivity contribution in [2.45, 2.75) is 26.7 Å². The van der Waals surface area contributed by atoms with Gasteiger partial charge in [0.05, 0.1) is 0 Å². The number of carbonyl (C=O) groups excluding carboxylic acids is 1. The standard InChI is InChI=1S/C12H15NO/c1-4-10-6-5-7-13-12(10)11(14)8-9(2)3/h5-7H,2,4,8H2,1,3H3. The summed E-state index contributed by atoms with van der Waals surface area (Å²) in [5.74, 6) is 0.0648. The topological polar surface area (TPSA) is 30.0 Å². The molecule has 0 amide bonds. The maximum atomic E-state index is 11.7. The lowest BCUT2D eigenvalue weighted by atomic mass is 10.0. The maximum absolute atomic E-state index is 11.7. The van der Waals surface area contributed by atoms with E-state index in [1.165, 1.54) is 0 Å². The summed E-state index contributed by atoms with van der Waals surface area (Å²) in [4.78, 5) is 15.8. The van der Waals surface area contributed by atoms with E-state index in [2.05, 4.69) is 11.6 Å². The molecule has 0 unspecified atom stereocenters. The third kappa shape index (κ3) is 2.52. The van der Waals surface area contributed by atoms with Crippen LogP contribution >= 0.6 is 0 Å². The lowest BCUT2D eigenvalue weighted by molar-refractivity contribution is 0.0987. The number of hydrogen-bond acceptors (Lipinski definition) is 2. The van der Waals surface area contributed by atoms with Crippen molar-refractivity contribution in [1.29, 1.82) is 0 Å². The van der Waals surface area contributed by atoms with Gasteiger partial charge >= 0.3 is 0 Å². The third-order valence-corrected chi connectivity index (χ3v) is 2.00. The fourth-order valence-corrected chi connectivity index (χ4v) is 1.33. The van der Waals surface area contributed by atoms with Crippen LogP contribution in [-0.4, -0.2) is 10.8 Å². The van der Waals surface area contributed by atoms with E-state index in [0.717, 1.165) is 17.6 Å². The molecule has 2 heteroatoms. The van der Waals surface area contributed by atoms with Crippen molar-refractivity contribution >= 4 is 5.78 Å². The molecule has 1 aromatic rings. The van der Waals surface area contributed by atoms with Crippen LogP contribution in [0, 0.1) is 0 Å². The summed E-state index contributed by atoms with van der Waals surface area (Å²) < 4.78 is 0. The van der Waals surface area contributed by atoms with Crippen molar-refractivity contribution in [1.82, 2.24) is 4.98 Å². The van der Waals surface area contributed by atoms with Crippen LogP contribution in [0.2, 0.25) is 0 Å². The Morgan fingerprint density at radius 3 is 2.86 bits per heavy atom. The molecule has 0 aliphatic heterocycles. The summed E-state index contributed by atoms with van der Waals surface area (Å²) in [5, 5.41) is 0. The monoisotopic (exact) mass is 189 g/mol. The number of rotatable bonds is 4. The Morgan fingerprint density at radius 2 is 2.29 bits per heavy atom. The molecule has 0 aliphatic carbocycles. The van der Waals surface area contributed by atoms with Crippen LogP contribution in [0.4, 0.5) is 0 Å². The van der Waals surface area contributed by atoms with Crippen molar-refractivity contribution in [2.75, 3.05) is 0 Å². The second kappa shape index (κ2) is 4.70. The molecule has 0 fully saturated rings. The number of Topliss-reactive ketones (excluding diaryl/α,β-unsaturated/α-hetero) is 1. The highest BCUT2D eigenvalue weighted by Gasteiger charge is 2.10. The van der Waals surface area contributed by atoms with Gasteiger partial charge in [-0.25, -0.2) is 0 Å². The van der Waals surface area contributed by atoms with E-state index in [-0.39, 0.29) is 5.78 Å². The molecule has 14 heavy (non-hydrogen) atoms. The summed E-state index contributed by atoms with van der Waals surface area (Å²) in [7, 11) is 0. The van der Waals surface area contributed by atoms with E-state index >= 15 is 0 Å². The van der Waals surface area contributed by atoms with Crippen molar-refractivity contribution in [3.63, 3.8) is 0 Å². The van der Waals surface area contributed by atoms with E-state index in [1.54, 1.807) is 6.20 Å². The van der Waals surface area contributed by atoms with E-state index < -0.39 is 0 Å². The Bertz CT molecular complexity index is 355. The van der Waals surface area contributed by atoms with Crippen molar-refractivity contribution < 1.29 is 4.79 Å². The van der Waals surface area contributed by atoms with Crippen molar-refractivity contribution in [2.24, 2.45) is 0 Å². The lowest BCUT2D eigenvalue weighted by Crippen LogP contribution is -2.06. The summed E-state index contributed by atoms with van der Waals surface area (Å²) >= 11 is 0. The second-order valence-corrected chi connectivity index (χ2v) is 3.42. The molecule has 2 nitrogen and oxygen atoms in total. The van der Waals surface area contributed by atoms with Gasteiger partial charge in [-0.1, -0.05) is 25.1 Å². The zero-order chi connectivity index (χ0) is 10.6. The molecule has 0 N–H and O–H groups in total. The second-order valence-electron chi connectivity index (χ2n) is 3.42. The van der Waals surface area contributed by atoms with Gasteiger partial charge in [0, 0.05) is 12.6 Å². The first kappa shape index (κ1) is 10.6. The third-order valence-electron chi connectivity index (χ3n) is 2.00. The molecule has 1 heterocycles. The van der Waals surface area contributed by atoms with E-state index in [1.807, 2.05) is 26.0 Å². The highest BCUT2D eigenvalue weighted by molar-refractivity contribution is 5.96. The molecule has 0 saturated carbocycles. The van der Waals surface area contributed by atoms with Gasteiger partial charge in [-0.2, -0.15) is 0 Å². The Morgan fingerprint density at radius 1 is 1.57 bits per heavy atom. The molecule has 0 aromatic carbocycles. The number of carbonyl (C=O) groups is 1. The van der Waals surface area contributed by atoms with Crippen LogP contribution in [0.3, 0.4) is 0 Å². The van der Waals surface area contributed by atoms with E-state index in [4.69, 9.17) is 0 Å². The summed E-state index contributed by atoms with van der Waals surface area (Å²) in [6.07, 6.45) is 2.89. The van der Waals surface area contributed by atoms with Gasteiger partial charge in [0.15, 0.2) is 5.78 Å². The minimum atomic E-state index is 0.0648. The van der Waals surface area contributed by atoms with Crippen LogP contribution in [0.25, 0.3) is 0 Å². The van der Waals surface area contributed by atoms with Crippen LogP contribution in [0.15, 0.2) is 30.5 Å². The normalized spacial score (nSPS) is 9.86. The van der Waals surface area contributed by atoms with Gasteiger partial charge in [-0.05, 0) is 25.0 Å². The highest BCUT2D eigenvalue weighted by Crippen LogP contribution is 2.11. The first-order valence-corrected chi connectivity index (χ1v) is 4.76. The quantitative estimate of drug-likeness (QED) is 0.538. The predicted molar refractivity (Wildman–Crippen MR) is 57.4 cm³/mol. The van der Waals surface area contributed by atoms with Gasteiger partial charge in [0.2, 0.25) is 0 Å². The maximum Gasteiger partial charge on any atom is 0.185 e. The van der Waals surface area contributed by atoms with Crippen LogP contribution in [-0.2, 0) is 6.42 Å². The van der Waals surface area contributed by atoms with Crippen LogP contribution in [0.5, 0.6) is 0 Å². The van der Waals surface area contributed by atoms with Gasteiger partial charge < -0.3 is 0 Å². The smallest absolute Gasteiger partial charge is 0.185 e. The number of pyridine rings is 1. The molecule has 0 bridgehead atoms. The highest BCUT2D eigenvalue weighted by atomic mass is 16.1. The fraction of sp³-hybridized carbons (Fsp3) is 0.333. The number of aromatic nitrogens is 1. The summed E-state index contributed by atoms with van der Waals surface area (Å²) in [5.41, 5.74) is 2.49. The minimum Gasteiger partial charge on any atom is -0.292 e. The number of ketones is 1. The van der Waals surface area contributed by atoms with Gasteiger partial charge in [0.25, 0.3) is 0 Å². The largest absolute Gasteiger partial charge is 0.292 e. The number of allylic oxidation sites excluding steroid dienone is 1. The lowest BCUT2D eigenvalue weighted by Gasteiger charge is -2.04. The van der Waals surface area contributed by atoms with Gasteiger partial charge in [0.1, 0.15) is 5.69 Å². The molecule has 0 radical (unpaired) electrons. The Hall–Kier alpha value is -1.44. The summed E-state index contributed by atoms with van der Waals surface area (Å²) in [6, 6.07) is 3.80. The number of hydrogen-bond donors (Lipinski definition) is 0. The van der Waals surface area contributed by atoms with Crippen LogP contribution in [0.1, 0.15) is 36.3 Å². The molecule has 0 spiro atoms. The fourth-order valence-electron chi connectivity index (χ4n) is 1.33. The van der Waals surface area contributed by atoms with Gasteiger partial charge in [-0.3, -0.25) is 9.78 Å².